The van der Waals surface area contributed by atoms with Crippen molar-refractivity contribution in [3.63, 3.8) is 0 Å². The first-order chi connectivity index (χ1) is 15.1. The number of benzene rings is 3. The number of amides is 1. The molecule has 31 heavy (non-hydrogen) atoms. The minimum absolute atomic E-state index is 0.152. The van der Waals surface area contributed by atoms with Crippen molar-refractivity contribution in [2.45, 2.75) is 0 Å². The Bertz CT molecular complexity index is 1360. The molecule has 152 valence electrons. The van der Waals surface area contributed by atoms with Gasteiger partial charge in [0, 0.05) is 16.0 Å². The van der Waals surface area contributed by atoms with Crippen molar-refractivity contribution >= 4 is 40.0 Å². The first kappa shape index (κ1) is 20.2. The van der Waals surface area contributed by atoms with E-state index in [1.807, 2.05) is 6.07 Å². The molecule has 3 aromatic carbocycles. The monoisotopic (exact) mass is 430 g/mol. The maximum Gasteiger partial charge on any atom is 0.349 e. The van der Waals surface area contributed by atoms with Gasteiger partial charge in [-0.05, 0) is 30.3 Å². The fourth-order valence-electron chi connectivity index (χ4n) is 2.76. The molecule has 0 bridgehead atoms. The highest BCUT2D eigenvalue weighted by atomic mass is 35.5. The standard InChI is InChI=1S/C23H15ClN4O3/c24-17-10-6-11-18(14-17)25-26-21(15-7-2-1-3-8-15)27-28-22(29)19-13-16-9-4-5-12-20(16)31-23(19)30/h1-14H,(H,28,29)/b26-25?,27-21-. The lowest BCUT2D eigenvalue weighted by molar-refractivity contribution is 0.0951. The van der Waals surface area contributed by atoms with Crippen LogP contribution in [0.4, 0.5) is 5.69 Å². The second-order valence-corrected chi connectivity index (χ2v) is 6.84. The molecule has 0 aliphatic heterocycles. The zero-order valence-electron chi connectivity index (χ0n) is 16.0. The van der Waals surface area contributed by atoms with Crippen LogP contribution in [0.15, 0.2) is 109 Å². The van der Waals surface area contributed by atoms with Crippen LogP contribution in [-0.4, -0.2) is 11.7 Å². The molecule has 4 rings (SSSR count). The Balaban J connectivity index is 1.64. The van der Waals surface area contributed by atoms with Crippen LogP contribution in [0.5, 0.6) is 0 Å². The van der Waals surface area contributed by atoms with Crippen molar-refractivity contribution in [1.82, 2.24) is 5.43 Å². The van der Waals surface area contributed by atoms with Crippen LogP contribution >= 0.6 is 11.6 Å². The number of azo groups is 1. The number of fused-ring (bicyclic) bond motifs is 1. The summed E-state index contributed by atoms with van der Waals surface area (Å²) in [5, 5.41) is 13.5. The quantitative estimate of drug-likeness (QED) is 0.156. The van der Waals surface area contributed by atoms with Gasteiger partial charge in [0.05, 0.1) is 5.69 Å². The van der Waals surface area contributed by atoms with E-state index in [1.165, 1.54) is 6.07 Å². The summed E-state index contributed by atoms with van der Waals surface area (Å²) in [4.78, 5) is 24.8. The Kier molecular flexibility index (Phi) is 5.96. The molecule has 0 fully saturated rings. The SMILES string of the molecule is O=C(N/N=C(\N=Nc1cccc(Cl)c1)c1ccccc1)c1cc2ccccc2oc1=O. The highest BCUT2D eigenvalue weighted by Crippen LogP contribution is 2.19. The number of para-hydroxylation sites is 1. The molecule has 0 atom stereocenters. The molecule has 4 aromatic rings. The van der Waals surface area contributed by atoms with Crippen LogP contribution in [0.2, 0.25) is 5.02 Å². The third-order valence-electron chi connectivity index (χ3n) is 4.25. The van der Waals surface area contributed by atoms with Crippen LogP contribution in [0.1, 0.15) is 15.9 Å². The van der Waals surface area contributed by atoms with Gasteiger partial charge in [0.15, 0.2) is 0 Å². The molecule has 7 nitrogen and oxygen atoms in total. The van der Waals surface area contributed by atoms with E-state index in [2.05, 4.69) is 20.8 Å². The molecule has 0 saturated carbocycles. The molecule has 0 spiro atoms. The van der Waals surface area contributed by atoms with Gasteiger partial charge in [-0.1, -0.05) is 66.2 Å². The second kappa shape index (κ2) is 9.15. The Morgan fingerprint density at radius 2 is 1.68 bits per heavy atom. The van der Waals surface area contributed by atoms with Crippen molar-refractivity contribution in [2.24, 2.45) is 15.3 Å². The maximum atomic E-state index is 12.6. The molecular formula is C23H15ClN4O3. The summed E-state index contributed by atoms with van der Waals surface area (Å²) >= 11 is 5.98. The molecule has 0 unspecified atom stereocenters. The van der Waals surface area contributed by atoms with Gasteiger partial charge < -0.3 is 4.42 Å². The number of nitrogens with one attached hydrogen (secondary N) is 1. The summed E-state index contributed by atoms with van der Waals surface area (Å²) in [6.07, 6.45) is 0. The van der Waals surface area contributed by atoms with Gasteiger partial charge in [0.2, 0.25) is 5.84 Å². The molecule has 1 N–H and O–H groups in total. The molecule has 1 amide bonds. The van der Waals surface area contributed by atoms with Gasteiger partial charge >= 0.3 is 5.63 Å². The lowest BCUT2D eigenvalue weighted by Gasteiger charge is -2.03. The fraction of sp³-hybridized carbons (Fsp3) is 0. The van der Waals surface area contributed by atoms with Gasteiger partial charge in [0.25, 0.3) is 5.91 Å². The number of carbonyl (C=O) groups is 1. The van der Waals surface area contributed by atoms with Gasteiger partial charge in [-0.3, -0.25) is 4.79 Å². The molecule has 0 radical (unpaired) electrons. The Hall–Kier alpha value is -4.10. The van der Waals surface area contributed by atoms with E-state index in [-0.39, 0.29) is 11.4 Å². The predicted octanol–water partition coefficient (Wildman–Crippen LogP) is 5.32. The summed E-state index contributed by atoms with van der Waals surface area (Å²) in [5.41, 5.74) is 2.98. The number of nitrogens with zero attached hydrogens (tertiary/aromatic N) is 3. The number of halogens is 1. The minimum atomic E-state index is -0.756. The van der Waals surface area contributed by atoms with E-state index in [0.717, 1.165) is 0 Å². The maximum absolute atomic E-state index is 12.6. The van der Waals surface area contributed by atoms with E-state index in [0.29, 0.717) is 27.2 Å². The number of carbonyl (C=O) groups excluding carboxylic acids is 1. The second-order valence-electron chi connectivity index (χ2n) is 6.41. The zero-order chi connectivity index (χ0) is 21.6. The van der Waals surface area contributed by atoms with E-state index in [9.17, 15) is 9.59 Å². The molecule has 8 heteroatoms. The van der Waals surface area contributed by atoms with E-state index in [1.54, 1.807) is 72.8 Å². The van der Waals surface area contributed by atoms with Crippen LogP contribution in [0.25, 0.3) is 11.0 Å². The first-order valence-electron chi connectivity index (χ1n) is 9.24. The molecule has 0 aliphatic rings. The zero-order valence-corrected chi connectivity index (χ0v) is 16.8. The van der Waals surface area contributed by atoms with Crippen LogP contribution < -0.4 is 11.1 Å². The Morgan fingerprint density at radius 3 is 2.48 bits per heavy atom. The Morgan fingerprint density at radius 1 is 0.903 bits per heavy atom. The number of hydrazone groups is 1. The number of hydrogen-bond acceptors (Lipinski definition) is 5. The van der Waals surface area contributed by atoms with E-state index < -0.39 is 11.5 Å². The number of amidine groups is 1. The number of hydrogen-bond donors (Lipinski definition) is 1. The highest BCUT2D eigenvalue weighted by molar-refractivity contribution is 6.30. The summed E-state index contributed by atoms with van der Waals surface area (Å²) in [6.45, 7) is 0. The van der Waals surface area contributed by atoms with Gasteiger partial charge in [-0.15, -0.1) is 15.3 Å². The predicted molar refractivity (Wildman–Crippen MR) is 119 cm³/mol. The van der Waals surface area contributed by atoms with Gasteiger partial charge in [-0.25, -0.2) is 10.2 Å². The minimum Gasteiger partial charge on any atom is -0.422 e. The molecular weight excluding hydrogens is 416 g/mol. The van der Waals surface area contributed by atoms with Crippen molar-refractivity contribution in [3.05, 3.63) is 111 Å². The van der Waals surface area contributed by atoms with Crippen molar-refractivity contribution in [3.8, 4) is 0 Å². The van der Waals surface area contributed by atoms with Crippen molar-refractivity contribution in [2.75, 3.05) is 0 Å². The third-order valence-corrected chi connectivity index (χ3v) is 4.48. The summed E-state index contributed by atoms with van der Waals surface area (Å²) < 4.78 is 5.20. The third kappa shape index (κ3) is 4.91. The topological polar surface area (TPSA) is 96.4 Å². The molecule has 0 aliphatic carbocycles. The Labute approximate surface area is 181 Å². The highest BCUT2D eigenvalue weighted by Gasteiger charge is 2.14. The summed E-state index contributed by atoms with van der Waals surface area (Å²) in [6, 6.07) is 24.2. The smallest absolute Gasteiger partial charge is 0.349 e. The normalized spacial score (nSPS) is 11.7. The molecule has 1 aromatic heterocycles. The summed E-state index contributed by atoms with van der Waals surface area (Å²) in [7, 11) is 0. The van der Waals surface area contributed by atoms with E-state index >= 15 is 0 Å². The van der Waals surface area contributed by atoms with Crippen molar-refractivity contribution < 1.29 is 9.21 Å². The van der Waals surface area contributed by atoms with Crippen LogP contribution in [-0.2, 0) is 0 Å². The van der Waals surface area contributed by atoms with Crippen LogP contribution in [0.3, 0.4) is 0 Å². The lowest BCUT2D eigenvalue weighted by Crippen LogP contribution is -2.25. The van der Waals surface area contributed by atoms with Gasteiger partial charge in [0.1, 0.15) is 11.1 Å². The van der Waals surface area contributed by atoms with Crippen molar-refractivity contribution in [1.29, 1.82) is 0 Å². The molecule has 1 heterocycles. The van der Waals surface area contributed by atoms with E-state index in [4.69, 9.17) is 16.0 Å². The van der Waals surface area contributed by atoms with Crippen LogP contribution in [0, 0.1) is 0 Å². The van der Waals surface area contributed by atoms with Gasteiger partial charge in [-0.2, -0.15) is 0 Å². The average molecular weight is 431 g/mol. The summed E-state index contributed by atoms with van der Waals surface area (Å²) in [5.74, 6) is -0.565. The molecule has 0 saturated heterocycles. The largest absolute Gasteiger partial charge is 0.422 e. The average Bonchev–Trinajstić information content (AvgIpc) is 2.79. The first-order valence-corrected chi connectivity index (χ1v) is 9.61. The number of rotatable bonds is 4. The lowest BCUT2D eigenvalue weighted by atomic mass is 10.2. The fourth-order valence-corrected chi connectivity index (χ4v) is 2.94.